The zero-order valence-corrected chi connectivity index (χ0v) is 14.4. The summed E-state index contributed by atoms with van der Waals surface area (Å²) in [6.07, 6.45) is 1.06. The van der Waals surface area contributed by atoms with Gasteiger partial charge in [-0.15, -0.1) is 0 Å². The smallest absolute Gasteiger partial charge is 0.414 e. The minimum Gasteiger partial charge on any atom is -0.490 e. The molecule has 0 spiro atoms. The maximum atomic E-state index is 9.10. The molecule has 0 aliphatic carbocycles. The van der Waals surface area contributed by atoms with E-state index < -0.39 is 11.9 Å². The molecule has 0 saturated carbocycles. The number of carboxylic acids is 2. The van der Waals surface area contributed by atoms with Crippen molar-refractivity contribution in [3.63, 3.8) is 0 Å². The SMILES string of the molecule is CCOc1ccccc1OCCCN1CCNCC1.O=C(O)C(=O)O. The molecule has 0 atom stereocenters. The molecule has 1 saturated heterocycles. The van der Waals surface area contributed by atoms with Crippen LogP contribution in [0.4, 0.5) is 0 Å². The first-order valence-corrected chi connectivity index (χ1v) is 8.28. The van der Waals surface area contributed by atoms with Crippen molar-refractivity contribution in [3.8, 4) is 11.5 Å². The number of carboxylic acid groups (broad SMARTS) is 2. The van der Waals surface area contributed by atoms with E-state index in [1.807, 2.05) is 31.2 Å². The molecule has 25 heavy (non-hydrogen) atoms. The molecule has 1 aliphatic heterocycles. The molecule has 0 aromatic heterocycles. The van der Waals surface area contributed by atoms with Crippen molar-refractivity contribution in [2.24, 2.45) is 0 Å². The van der Waals surface area contributed by atoms with Crippen LogP contribution in [0, 0.1) is 0 Å². The summed E-state index contributed by atoms with van der Waals surface area (Å²) in [7, 11) is 0. The summed E-state index contributed by atoms with van der Waals surface area (Å²) in [6, 6.07) is 7.87. The molecule has 140 valence electrons. The van der Waals surface area contributed by atoms with Crippen LogP contribution in [0.5, 0.6) is 11.5 Å². The highest BCUT2D eigenvalue weighted by Gasteiger charge is 2.09. The Bertz CT molecular complexity index is 520. The van der Waals surface area contributed by atoms with Gasteiger partial charge in [-0.1, -0.05) is 12.1 Å². The van der Waals surface area contributed by atoms with Crippen LogP contribution in [0.3, 0.4) is 0 Å². The Hall–Kier alpha value is -2.32. The lowest BCUT2D eigenvalue weighted by Gasteiger charge is -2.27. The summed E-state index contributed by atoms with van der Waals surface area (Å²) in [5.41, 5.74) is 0. The number of hydrogen-bond acceptors (Lipinski definition) is 6. The number of nitrogens with one attached hydrogen (secondary N) is 1. The van der Waals surface area contributed by atoms with Gasteiger partial charge in [-0.25, -0.2) is 9.59 Å². The Balaban J connectivity index is 0.000000450. The number of aliphatic carboxylic acids is 2. The van der Waals surface area contributed by atoms with Gasteiger partial charge < -0.3 is 29.9 Å². The highest BCUT2D eigenvalue weighted by molar-refractivity contribution is 6.27. The minimum absolute atomic E-state index is 0.668. The van der Waals surface area contributed by atoms with E-state index >= 15 is 0 Å². The number of hydrogen-bond donors (Lipinski definition) is 3. The maximum absolute atomic E-state index is 9.10. The fourth-order valence-electron chi connectivity index (χ4n) is 2.25. The monoisotopic (exact) mass is 354 g/mol. The second-order valence-electron chi connectivity index (χ2n) is 5.28. The second kappa shape index (κ2) is 12.1. The highest BCUT2D eigenvalue weighted by atomic mass is 16.5. The van der Waals surface area contributed by atoms with Gasteiger partial charge in [0.25, 0.3) is 0 Å². The summed E-state index contributed by atoms with van der Waals surface area (Å²) in [5, 5.41) is 18.1. The van der Waals surface area contributed by atoms with E-state index in [1.165, 1.54) is 0 Å². The predicted molar refractivity (Wildman–Crippen MR) is 92.3 cm³/mol. The number of benzene rings is 1. The van der Waals surface area contributed by atoms with Gasteiger partial charge >= 0.3 is 11.9 Å². The van der Waals surface area contributed by atoms with E-state index in [4.69, 9.17) is 29.3 Å². The van der Waals surface area contributed by atoms with E-state index in [1.54, 1.807) is 0 Å². The first-order valence-electron chi connectivity index (χ1n) is 8.28. The molecule has 1 heterocycles. The van der Waals surface area contributed by atoms with Crippen molar-refractivity contribution in [1.82, 2.24) is 10.2 Å². The molecule has 1 aliphatic rings. The van der Waals surface area contributed by atoms with E-state index in [9.17, 15) is 0 Å². The first kappa shape index (κ1) is 20.7. The number of rotatable bonds is 7. The van der Waals surface area contributed by atoms with Crippen LogP contribution in [0.2, 0.25) is 0 Å². The summed E-state index contributed by atoms with van der Waals surface area (Å²) in [4.78, 5) is 20.7. The van der Waals surface area contributed by atoms with Crippen molar-refractivity contribution in [1.29, 1.82) is 0 Å². The molecule has 0 amide bonds. The predicted octanol–water partition coefficient (Wildman–Crippen LogP) is 0.915. The van der Waals surface area contributed by atoms with E-state index in [2.05, 4.69) is 10.2 Å². The summed E-state index contributed by atoms with van der Waals surface area (Å²) in [5.74, 6) is -1.96. The van der Waals surface area contributed by atoms with Crippen LogP contribution < -0.4 is 14.8 Å². The van der Waals surface area contributed by atoms with Gasteiger partial charge in [0, 0.05) is 32.7 Å². The number of carbonyl (C=O) groups is 2. The Labute approximate surface area is 147 Å². The fraction of sp³-hybridized carbons (Fsp3) is 0.529. The Morgan fingerprint density at radius 1 is 1.08 bits per heavy atom. The lowest BCUT2D eigenvalue weighted by Crippen LogP contribution is -2.43. The third kappa shape index (κ3) is 8.92. The van der Waals surface area contributed by atoms with Gasteiger partial charge in [0.15, 0.2) is 11.5 Å². The van der Waals surface area contributed by atoms with Crippen LogP contribution in [-0.2, 0) is 9.59 Å². The van der Waals surface area contributed by atoms with Crippen molar-refractivity contribution >= 4 is 11.9 Å². The first-order chi connectivity index (χ1) is 12.0. The van der Waals surface area contributed by atoms with Gasteiger partial charge in [0.2, 0.25) is 0 Å². The molecular formula is C17H26N2O6. The zero-order chi connectivity index (χ0) is 18.5. The second-order valence-corrected chi connectivity index (χ2v) is 5.28. The molecule has 1 fully saturated rings. The van der Waals surface area contributed by atoms with E-state index in [0.29, 0.717) is 6.61 Å². The van der Waals surface area contributed by atoms with Crippen LogP contribution in [0.1, 0.15) is 13.3 Å². The summed E-state index contributed by atoms with van der Waals surface area (Å²) < 4.78 is 11.4. The van der Waals surface area contributed by atoms with Gasteiger partial charge in [0.1, 0.15) is 0 Å². The van der Waals surface area contributed by atoms with E-state index in [-0.39, 0.29) is 0 Å². The van der Waals surface area contributed by atoms with Gasteiger partial charge in [-0.05, 0) is 25.5 Å². The quantitative estimate of drug-likeness (QED) is 0.490. The average molecular weight is 354 g/mol. The number of nitrogens with zero attached hydrogens (tertiary/aromatic N) is 1. The summed E-state index contributed by atoms with van der Waals surface area (Å²) in [6.45, 7) is 9.02. The van der Waals surface area contributed by atoms with Crippen LogP contribution in [-0.4, -0.2) is 73.0 Å². The molecule has 0 unspecified atom stereocenters. The third-order valence-electron chi connectivity index (χ3n) is 3.42. The zero-order valence-electron chi connectivity index (χ0n) is 14.4. The Morgan fingerprint density at radius 3 is 2.16 bits per heavy atom. The van der Waals surface area contributed by atoms with Crippen molar-refractivity contribution in [2.45, 2.75) is 13.3 Å². The average Bonchev–Trinajstić information content (AvgIpc) is 2.61. The lowest BCUT2D eigenvalue weighted by atomic mass is 10.3. The standard InChI is InChI=1S/C15H24N2O2.C2H2O4/c1-2-18-14-6-3-4-7-15(14)19-13-5-10-17-11-8-16-9-12-17;3-1(4)2(5)6/h3-4,6-7,16H,2,5,8-13H2,1H3;(H,3,4)(H,5,6). The molecule has 8 heteroatoms. The fourth-order valence-corrected chi connectivity index (χ4v) is 2.25. The maximum Gasteiger partial charge on any atom is 0.414 e. The highest BCUT2D eigenvalue weighted by Crippen LogP contribution is 2.26. The van der Waals surface area contributed by atoms with Crippen molar-refractivity contribution < 1.29 is 29.3 Å². The van der Waals surface area contributed by atoms with Crippen LogP contribution in [0.15, 0.2) is 24.3 Å². The van der Waals surface area contributed by atoms with Gasteiger partial charge in [-0.3, -0.25) is 0 Å². The molecule has 3 N–H and O–H groups in total. The molecule has 0 bridgehead atoms. The van der Waals surface area contributed by atoms with Gasteiger partial charge in [-0.2, -0.15) is 0 Å². The summed E-state index contributed by atoms with van der Waals surface area (Å²) >= 11 is 0. The molecule has 1 aromatic rings. The van der Waals surface area contributed by atoms with Crippen LogP contribution >= 0.6 is 0 Å². The molecule has 0 radical (unpaired) electrons. The molecule has 1 aromatic carbocycles. The number of para-hydroxylation sites is 2. The third-order valence-corrected chi connectivity index (χ3v) is 3.42. The van der Waals surface area contributed by atoms with Crippen molar-refractivity contribution in [2.75, 3.05) is 45.9 Å². The number of piperazine rings is 1. The molecule has 8 nitrogen and oxygen atoms in total. The van der Waals surface area contributed by atoms with Gasteiger partial charge in [0.05, 0.1) is 13.2 Å². The van der Waals surface area contributed by atoms with Crippen molar-refractivity contribution in [3.05, 3.63) is 24.3 Å². The molecule has 2 rings (SSSR count). The topological polar surface area (TPSA) is 108 Å². The van der Waals surface area contributed by atoms with E-state index in [0.717, 1.165) is 57.3 Å². The molecular weight excluding hydrogens is 328 g/mol. The largest absolute Gasteiger partial charge is 0.490 e. The Kier molecular flexibility index (Phi) is 10.0. The Morgan fingerprint density at radius 2 is 1.64 bits per heavy atom. The minimum atomic E-state index is -1.82. The van der Waals surface area contributed by atoms with Crippen LogP contribution in [0.25, 0.3) is 0 Å². The normalized spacial score (nSPS) is 14.1. The number of ether oxygens (including phenoxy) is 2. The lowest BCUT2D eigenvalue weighted by molar-refractivity contribution is -0.159.